The van der Waals surface area contributed by atoms with E-state index in [0.717, 1.165) is 19.4 Å². The molecule has 2 amide bonds. The van der Waals surface area contributed by atoms with Gasteiger partial charge in [-0.2, -0.15) is 0 Å². The summed E-state index contributed by atoms with van der Waals surface area (Å²) >= 11 is 0. The van der Waals surface area contributed by atoms with Crippen LogP contribution in [0.4, 0.5) is 0 Å². The summed E-state index contributed by atoms with van der Waals surface area (Å²) in [6, 6.07) is -0.461. The van der Waals surface area contributed by atoms with Crippen molar-refractivity contribution in [2.24, 2.45) is 17.4 Å². The number of amides is 2. The average Bonchev–Trinajstić information content (AvgIpc) is 2.16. The van der Waals surface area contributed by atoms with Crippen molar-refractivity contribution in [2.45, 2.75) is 32.2 Å². The highest BCUT2D eigenvalue weighted by molar-refractivity contribution is 5.85. The first-order chi connectivity index (χ1) is 7.00. The summed E-state index contributed by atoms with van der Waals surface area (Å²) in [5.74, 6) is -0.127. The fraction of sp³-hybridized carbons (Fsp3) is 0.800. The van der Waals surface area contributed by atoms with Gasteiger partial charge in [-0.1, -0.05) is 0 Å². The summed E-state index contributed by atoms with van der Waals surface area (Å²) in [4.78, 5) is 24.1. The lowest BCUT2D eigenvalue weighted by Crippen LogP contribution is -2.47. The molecule has 0 aliphatic carbocycles. The number of hydrogen-bond donors (Lipinski definition) is 2. The molecule has 1 aliphatic rings. The molecule has 5 nitrogen and oxygen atoms in total. The van der Waals surface area contributed by atoms with E-state index in [1.54, 1.807) is 11.8 Å². The molecule has 94 valence electrons. The second-order valence-corrected chi connectivity index (χ2v) is 4.25. The normalized spacial score (nSPS) is 22.1. The zero-order valence-corrected chi connectivity index (χ0v) is 10.3. The van der Waals surface area contributed by atoms with Crippen molar-refractivity contribution < 1.29 is 9.59 Å². The zero-order chi connectivity index (χ0) is 11.4. The molecule has 0 aromatic heterocycles. The zero-order valence-electron chi connectivity index (χ0n) is 9.52. The number of piperidine rings is 1. The number of hydrogen-bond acceptors (Lipinski definition) is 3. The Kier molecular flexibility index (Phi) is 6.36. The molecule has 1 fully saturated rings. The van der Waals surface area contributed by atoms with E-state index in [4.69, 9.17) is 11.5 Å². The van der Waals surface area contributed by atoms with Crippen molar-refractivity contribution in [1.82, 2.24) is 4.90 Å². The van der Waals surface area contributed by atoms with Crippen LogP contribution < -0.4 is 11.5 Å². The van der Waals surface area contributed by atoms with Gasteiger partial charge in [-0.25, -0.2) is 0 Å². The first-order valence-corrected chi connectivity index (χ1v) is 5.33. The monoisotopic (exact) mass is 249 g/mol. The van der Waals surface area contributed by atoms with E-state index in [0.29, 0.717) is 13.0 Å². The lowest BCUT2D eigenvalue weighted by atomic mass is 9.94. The molecule has 1 saturated heterocycles. The van der Waals surface area contributed by atoms with Gasteiger partial charge < -0.3 is 16.4 Å². The van der Waals surface area contributed by atoms with E-state index in [9.17, 15) is 9.59 Å². The van der Waals surface area contributed by atoms with E-state index >= 15 is 0 Å². The van der Waals surface area contributed by atoms with E-state index in [1.807, 2.05) is 0 Å². The molecule has 1 unspecified atom stereocenters. The number of nitrogens with zero attached hydrogens (tertiary/aromatic N) is 1. The van der Waals surface area contributed by atoms with Gasteiger partial charge in [0.15, 0.2) is 0 Å². The number of rotatable bonds is 3. The molecular weight excluding hydrogens is 230 g/mol. The van der Waals surface area contributed by atoms with Crippen molar-refractivity contribution in [3.8, 4) is 0 Å². The molecule has 4 N–H and O–H groups in total. The number of carbonyl (C=O) groups is 2. The molecule has 0 aromatic carbocycles. The Labute approximate surface area is 102 Å². The molecule has 0 saturated carbocycles. The summed E-state index contributed by atoms with van der Waals surface area (Å²) in [5, 5.41) is 0. The first-order valence-electron chi connectivity index (χ1n) is 5.33. The Hall–Kier alpha value is -0.810. The van der Waals surface area contributed by atoms with Crippen LogP contribution in [0.3, 0.4) is 0 Å². The quantitative estimate of drug-likeness (QED) is 0.730. The largest absolute Gasteiger partial charge is 0.370 e. The Balaban J connectivity index is 0.00000225. The summed E-state index contributed by atoms with van der Waals surface area (Å²) in [6.45, 7) is 3.04. The highest BCUT2D eigenvalue weighted by Gasteiger charge is 2.25. The molecule has 6 heteroatoms. The van der Waals surface area contributed by atoms with E-state index in [-0.39, 0.29) is 30.1 Å². The van der Waals surface area contributed by atoms with Crippen LogP contribution in [-0.4, -0.2) is 35.8 Å². The molecule has 0 spiro atoms. The van der Waals surface area contributed by atoms with Crippen LogP contribution in [0.5, 0.6) is 0 Å². The van der Waals surface area contributed by atoms with Crippen LogP contribution in [0.2, 0.25) is 0 Å². The van der Waals surface area contributed by atoms with Crippen LogP contribution in [0.15, 0.2) is 0 Å². The van der Waals surface area contributed by atoms with Gasteiger partial charge >= 0.3 is 0 Å². The van der Waals surface area contributed by atoms with Gasteiger partial charge in [0.05, 0.1) is 6.04 Å². The minimum Gasteiger partial charge on any atom is -0.370 e. The Morgan fingerprint density at radius 2 is 2.12 bits per heavy atom. The van der Waals surface area contributed by atoms with Gasteiger partial charge in [0.2, 0.25) is 11.8 Å². The predicted octanol–water partition coefficient (Wildman–Crippen LogP) is -0.131. The number of likely N-dealkylation sites (tertiary alicyclic amines) is 1. The van der Waals surface area contributed by atoms with E-state index in [1.165, 1.54) is 0 Å². The molecular formula is C10H20ClN3O2. The highest BCUT2D eigenvalue weighted by Crippen LogP contribution is 2.19. The van der Waals surface area contributed by atoms with Crippen LogP contribution in [0.1, 0.15) is 26.2 Å². The number of nitrogens with two attached hydrogens (primary N) is 2. The third kappa shape index (κ3) is 4.37. The van der Waals surface area contributed by atoms with Crippen LogP contribution >= 0.6 is 12.4 Å². The van der Waals surface area contributed by atoms with Gasteiger partial charge in [-0.3, -0.25) is 9.59 Å². The Bertz CT molecular complexity index is 258. The lowest BCUT2D eigenvalue weighted by molar-refractivity contribution is -0.134. The molecule has 1 heterocycles. The molecule has 0 radical (unpaired) electrons. The van der Waals surface area contributed by atoms with Crippen LogP contribution in [0.25, 0.3) is 0 Å². The Morgan fingerprint density at radius 1 is 1.50 bits per heavy atom. The average molecular weight is 250 g/mol. The lowest BCUT2D eigenvalue weighted by Gasteiger charge is -2.33. The number of carbonyl (C=O) groups excluding carboxylic acids is 2. The number of halogens is 1. The van der Waals surface area contributed by atoms with Crippen molar-refractivity contribution in [2.75, 3.05) is 13.1 Å². The van der Waals surface area contributed by atoms with Crippen LogP contribution in [0, 0.1) is 5.92 Å². The summed E-state index contributed by atoms with van der Waals surface area (Å²) in [7, 11) is 0. The van der Waals surface area contributed by atoms with Gasteiger partial charge in [0.25, 0.3) is 0 Å². The SMILES string of the molecule is C[C@H](N)C(=O)N1CCCC(CC(N)=O)C1.Cl. The fourth-order valence-electron chi connectivity index (χ4n) is 2.00. The topological polar surface area (TPSA) is 89.4 Å². The van der Waals surface area contributed by atoms with Gasteiger partial charge in [0.1, 0.15) is 0 Å². The van der Waals surface area contributed by atoms with Gasteiger partial charge in [-0.15, -0.1) is 12.4 Å². The maximum absolute atomic E-state index is 11.6. The standard InChI is InChI=1S/C10H19N3O2.ClH/c1-7(11)10(15)13-4-2-3-8(6-13)5-9(12)14;/h7-8H,2-6,11H2,1H3,(H2,12,14);1H/t7-,8?;/m0./s1. The third-order valence-electron chi connectivity index (χ3n) is 2.71. The molecule has 0 bridgehead atoms. The van der Waals surface area contributed by atoms with E-state index < -0.39 is 6.04 Å². The minimum absolute atomic E-state index is 0. The van der Waals surface area contributed by atoms with Gasteiger partial charge in [0, 0.05) is 19.5 Å². The smallest absolute Gasteiger partial charge is 0.239 e. The minimum atomic E-state index is -0.461. The maximum Gasteiger partial charge on any atom is 0.239 e. The summed E-state index contributed by atoms with van der Waals surface area (Å²) in [6.07, 6.45) is 2.25. The van der Waals surface area contributed by atoms with E-state index in [2.05, 4.69) is 0 Å². The summed E-state index contributed by atoms with van der Waals surface area (Å²) < 4.78 is 0. The molecule has 1 rings (SSSR count). The second kappa shape index (κ2) is 6.70. The van der Waals surface area contributed by atoms with Crippen molar-refractivity contribution in [3.05, 3.63) is 0 Å². The van der Waals surface area contributed by atoms with Gasteiger partial charge in [-0.05, 0) is 25.7 Å². The maximum atomic E-state index is 11.6. The molecule has 2 atom stereocenters. The molecule has 1 aliphatic heterocycles. The van der Waals surface area contributed by atoms with Crippen molar-refractivity contribution in [1.29, 1.82) is 0 Å². The molecule has 0 aromatic rings. The second-order valence-electron chi connectivity index (χ2n) is 4.25. The Morgan fingerprint density at radius 3 is 2.62 bits per heavy atom. The first kappa shape index (κ1) is 15.2. The van der Waals surface area contributed by atoms with Crippen molar-refractivity contribution in [3.63, 3.8) is 0 Å². The highest BCUT2D eigenvalue weighted by atomic mass is 35.5. The fourth-order valence-corrected chi connectivity index (χ4v) is 2.00. The number of primary amides is 1. The van der Waals surface area contributed by atoms with Crippen molar-refractivity contribution >= 4 is 24.2 Å². The predicted molar refractivity (Wildman–Crippen MR) is 64.0 cm³/mol. The molecule has 16 heavy (non-hydrogen) atoms. The summed E-state index contributed by atoms with van der Waals surface area (Å²) in [5.41, 5.74) is 10.7. The third-order valence-corrected chi connectivity index (χ3v) is 2.71. The van der Waals surface area contributed by atoms with Crippen LogP contribution in [-0.2, 0) is 9.59 Å².